The van der Waals surface area contributed by atoms with Crippen LogP contribution in [0.15, 0.2) is 33.6 Å². The monoisotopic (exact) mass is 357 g/mol. The van der Waals surface area contributed by atoms with Crippen molar-refractivity contribution in [1.82, 2.24) is 4.98 Å². The molecule has 2 rings (SSSR count). The molecule has 1 heterocycles. The number of benzene rings is 1. The highest BCUT2D eigenvalue weighted by atomic mass is 79.9. The van der Waals surface area contributed by atoms with Crippen molar-refractivity contribution in [1.29, 1.82) is 0 Å². The number of aryl methyl sites for hydroxylation is 1. The number of carboxylic acid groups (broad SMARTS) is 1. The SMILES string of the molecule is Cc1nc(CSc2cccc(Br)c2)sc1CC(=O)O. The second-order valence-electron chi connectivity index (χ2n) is 3.93. The molecular weight excluding hydrogens is 346 g/mol. The zero-order valence-corrected chi connectivity index (χ0v) is 13.4. The number of thioether (sulfide) groups is 1. The molecule has 0 saturated carbocycles. The van der Waals surface area contributed by atoms with E-state index in [-0.39, 0.29) is 6.42 Å². The molecule has 6 heteroatoms. The van der Waals surface area contributed by atoms with Crippen LogP contribution in [0.25, 0.3) is 0 Å². The normalized spacial score (nSPS) is 10.6. The van der Waals surface area contributed by atoms with Gasteiger partial charge in [-0.2, -0.15) is 0 Å². The van der Waals surface area contributed by atoms with E-state index >= 15 is 0 Å². The smallest absolute Gasteiger partial charge is 0.308 e. The van der Waals surface area contributed by atoms with Crippen LogP contribution in [0, 0.1) is 6.92 Å². The minimum atomic E-state index is -0.807. The average Bonchev–Trinajstić information content (AvgIpc) is 2.67. The first-order valence-corrected chi connectivity index (χ1v) is 8.19. The quantitative estimate of drug-likeness (QED) is 0.817. The summed E-state index contributed by atoms with van der Waals surface area (Å²) in [6.07, 6.45) is 0.0606. The molecule has 0 aliphatic carbocycles. The molecule has 0 aliphatic heterocycles. The van der Waals surface area contributed by atoms with Crippen molar-refractivity contribution in [3.8, 4) is 0 Å². The number of aliphatic carboxylic acids is 1. The van der Waals surface area contributed by atoms with Crippen molar-refractivity contribution in [2.45, 2.75) is 24.0 Å². The van der Waals surface area contributed by atoms with Gasteiger partial charge in [0.2, 0.25) is 0 Å². The third-order valence-electron chi connectivity index (χ3n) is 2.41. The number of carbonyl (C=O) groups is 1. The van der Waals surface area contributed by atoms with E-state index in [0.717, 1.165) is 25.8 Å². The van der Waals surface area contributed by atoms with E-state index in [1.165, 1.54) is 16.2 Å². The van der Waals surface area contributed by atoms with Gasteiger partial charge >= 0.3 is 5.97 Å². The molecule has 0 spiro atoms. The summed E-state index contributed by atoms with van der Waals surface area (Å²) in [7, 11) is 0. The number of carboxylic acids is 1. The topological polar surface area (TPSA) is 50.2 Å². The molecule has 0 aliphatic rings. The molecule has 1 aromatic carbocycles. The number of aromatic nitrogens is 1. The third kappa shape index (κ3) is 4.33. The Hall–Kier alpha value is -0.850. The summed E-state index contributed by atoms with van der Waals surface area (Å²) in [4.78, 5) is 17.2. The van der Waals surface area contributed by atoms with Crippen molar-refractivity contribution in [3.63, 3.8) is 0 Å². The summed E-state index contributed by atoms with van der Waals surface area (Å²) >= 11 is 6.63. The molecule has 1 aromatic heterocycles. The van der Waals surface area contributed by atoms with E-state index in [0.29, 0.717) is 0 Å². The van der Waals surface area contributed by atoms with E-state index in [1.807, 2.05) is 25.1 Å². The molecule has 1 N–H and O–H groups in total. The van der Waals surface area contributed by atoms with Crippen LogP contribution in [0.4, 0.5) is 0 Å². The van der Waals surface area contributed by atoms with Crippen LogP contribution in [0.5, 0.6) is 0 Å². The molecule has 0 saturated heterocycles. The van der Waals surface area contributed by atoms with Crippen LogP contribution in [-0.2, 0) is 17.0 Å². The Morgan fingerprint density at radius 2 is 2.32 bits per heavy atom. The lowest BCUT2D eigenvalue weighted by Crippen LogP contribution is -1.99. The van der Waals surface area contributed by atoms with E-state index in [9.17, 15) is 4.79 Å². The number of rotatable bonds is 5. The average molecular weight is 358 g/mol. The van der Waals surface area contributed by atoms with Gasteiger partial charge in [0.05, 0.1) is 17.9 Å². The Morgan fingerprint density at radius 1 is 1.53 bits per heavy atom. The summed E-state index contributed by atoms with van der Waals surface area (Å²) < 4.78 is 1.05. The van der Waals surface area contributed by atoms with Crippen LogP contribution in [-0.4, -0.2) is 16.1 Å². The number of nitrogens with zero attached hydrogens (tertiary/aromatic N) is 1. The molecule has 0 bridgehead atoms. The first-order valence-electron chi connectivity index (χ1n) is 5.60. The highest BCUT2D eigenvalue weighted by Crippen LogP contribution is 2.28. The highest BCUT2D eigenvalue weighted by molar-refractivity contribution is 9.10. The van der Waals surface area contributed by atoms with Crippen LogP contribution in [0.1, 0.15) is 15.6 Å². The lowest BCUT2D eigenvalue weighted by Gasteiger charge is -1.99. The Bertz CT molecular complexity index is 598. The zero-order chi connectivity index (χ0) is 13.8. The third-order valence-corrected chi connectivity index (χ3v) is 5.25. The molecule has 0 atom stereocenters. The van der Waals surface area contributed by atoms with Crippen molar-refractivity contribution in [3.05, 3.63) is 44.3 Å². The van der Waals surface area contributed by atoms with Gasteiger partial charge in [-0.3, -0.25) is 4.79 Å². The van der Waals surface area contributed by atoms with Crippen LogP contribution < -0.4 is 0 Å². The van der Waals surface area contributed by atoms with Gasteiger partial charge in [-0.05, 0) is 25.1 Å². The maximum atomic E-state index is 10.7. The van der Waals surface area contributed by atoms with Crippen molar-refractivity contribution in [2.24, 2.45) is 0 Å². The lowest BCUT2D eigenvalue weighted by atomic mass is 10.3. The molecule has 0 fully saturated rings. The molecule has 0 unspecified atom stereocenters. The Labute approximate surface area is 128 Å². The number of thiazole rings is 1. The van der Waals surface area contributed by atoms with Crippen molar-refractivity contribution >= 4 is 45.0 Å². The summed E-state index contributed by atoms with van der Waals surface area (Å²) in [5, 5.41) is 9.78. The van der Waals surface area contributed by atoms with Crippen LogP contribution in [0.2, 0.25) is 0 Å². The molecule has 19 heavy (non-hydrogen) atoms. The lowest BCUT2D eigenvalue weighted by molar-refractivity contribution is -0.136. The van der Waals surface area contributed by atoms with E-state index in [4.69, 9.17) is 5.11 Å². The van der Waals surface area contributed by atoms with Crippen LogP contribution in [0.3, 0.4) is 0 Å². The van der Waals surface area contributed by atoms with E-state index in [1.54, 1.807) is 11.8 Å². The van der Waals surface area contributed by atoms with Crippen molar-refractivity contribution in [2.75, 3.05) is 0 Å². The predicted octanol–water partition coefficient (Wildman–Crippen LogP) is 4.13. The van der Waals surface area contributed by atoms with E-state index < -0.39 is 5.97 Å². The number of hydrogen-bond donors (Lipinski definition) is 1. The summed E-state index contributed by atoms with van der Waals surface area (Å²) in [5.41, 5.74) is 0.831. The maximum absolute atomic E-state index is 10.7. The van der Waals surface area contributed by atoms with Gasteiger partial charge in [0.15, 0.2) is 0 Å². The molecule has 0 radical (unpaired) electrons. The summed E-state index contributed by atoms with van der Waals surface area (Å²) in [6, 6.07) is 8.09. The van der Waals surface area contributed by atoms with Gasteiger partial charge in [-0.15, -0.1) is 23.1 Å². The second-order valence-corrected chi connectivity index (χ2v) is 7.07. The van der Waals surface area contributed by atoms with Gasteiger partial charge in [0.25, 0.3) is 0 Å². The second kappa shape index (κ2) is 6.54. The molecule has 0 amide bonds. The fraction of sp³-hybridized carbons (Fsp3) is 0.231. The largest absolute Gasteiger partial charge is 0.481 e. The molecule has 100 valence electrons. The Morgan fingerprint density at radius 3 is 3.00 bits per heavy atom. The first-order chi connectivity index (χ1) is 9.04. The zero-order valence-electron chi connectivity index (χ0n) is 10.2. The minimum absolute atomic E-state index is 0.0606. The van der Waals surface area contributed by atoms with Crippen molar-refractivity contribution < 1.29 is 9.90 Å². The minimum Gasteiger partial charge on any atom is -0.481 e. The first kappa shape index (κ1) is 14.6. The van der Waals surface area contributed by atoms with Crippen LogP contribution >= 0.6 is 39.0 Å². The maximum Gasteiger partial charge on any atom is 0.308 e. The van der Waals surface area contributed by atoms with Gasteiger partial charge in [-0.25, -0.2) is 4.98 Å². The Kier molecular flexibility index (Phi) is 5.01. The predicted molar refractivity (Wildman–Crippen MR) is 81.9 cm³/mol. The van der Waals surface area contributed by atoms with Gasteiger partial charge < -0.3 is 5.11 Å². The summed E-state index contributed by atoms with van der Waals surface area (Å²) in [6.45, 7) is 1.86. The summed E-state index contributed by atoms with van der Waals surface area (Å²) in [5.74, 6) is -0.0420. The Balaban J connectivity index is 2.02. The number of hydrogen-bond acceptors (Lipinski definition) is 4. The molecule has 2 aromatic rings. The van der Waals surface area contributed by atoms with Gasteiger partial charge in [0.1, 0.15) is 5.01 Å². The molecular formula is C13H12BrNO2S2. The fourth-order valence-electron chi connectivity index (χ4n) is 1.55. The highest BCUT2D eigenvalue weighted by Gasteiger charge is 2.11. The van der Waals surface area contributed by atoms with E-state index in [2.05, 4.69) is 27.0 Å². The number of halogens is 1. The fourth-order valence-corrected chi connectivity index (χ4v) is 4.11. The van der Waals surface area contributed by atoms with Gasteiger partial charge in [-0.1, -0.05) is 22.0 Å². The van der Waals surface area contributed by atoms with Gasteiger partial charge in [0, 0.05) is 14.2 Å². The standard InChI is InChI=1S/C13H12BrNO2S2/c1-8-11(6-13(16)17)19-12(15-8)7-18-10-4-2-3-9(14)5-10/h2-5H,6-7H2,1H3,(H,16,17). The molecule has 3 nitrogen and oxygen atoms in total.